The molecular formula is C9H17N5. The quantitative estimate of drug-likeness (QED) is 0.698. The maximum absolute atomic E-state index is 4.09. The van der Waals surface area contributed by atoms with Gasteiger partial charge in [-0.1, -0.05) is 5.21 Å². The molecule has 0 aliphatic carbocycles. The van der Waals surface area contributed by atoms with Crippen LogP contribution in [0.1, 0.15) is 12.6 Å². The van der Waals surface area contributed by atoms with Crippen molar-refractivity contribution in [1.29, 1.82) is 0 Å². The van der Waals surface area contributed by atoms with Crippen LogP contribution in [0.4, 0.5) is 0 Å². The summed E-state index contributed by atoms with van der Waals surface area (Å²) < 4.78 is 1.75. The van der Waals surface area contributed by atoms with E-state index in [1.807, 2.05) is 13.2 Å². The Bertz CT molecular complexity index is 295. The largest absolute Gasteiger partial charge is 0.312 e. The van der Waals surface area contributed by atoms with E-state index in [0.29, 0.717) is 6.04 Å². The monoisotopic (exact) mass is 195 g/mol. The van der Waals surface area contributed by atoms with Crippen molar-refractivity contribution in [3.63, 3.8) is 0 Å². The second-order valence-corrected chi connectivity index (χ2v) is 3.97. The van der Waals surface area contributed by atoms with E-state index in [0.717, 1.165) is 31.9 Å². The molecule has 0 saturated carbocycles. The fourth-order valence-electron chi connectivity index (χ4n) is 1.85. The van der Waals surface area contributed by atoms with Gasteiger partial charge in [0.15, 0.2) is 0 Å². The number of rotatable bonds is 2. The first-order chi connectivity index (χ1) is 6.74. The molecule has 14 heavy (non-hydrogen) atoms. The standard InChI is InChI=1S/C9H17N5/c1-8-5-14(4-3-10-8)7-9-6-13(2)12-11-9/h6,8,10H,3-5,7H2,1-2H3/t8-/m0/s1. The van der Waals surface area contributed by atoms with Gasteiger partial charge < -0.3 is 5.32 Å². The SMILES string of the molecule is C[C@H]1CN(Cc2cn(C)nn2)CCN1. The molecule has 5 nitrogen and oxygen atoms in total. The molecule has 1 aliphatic rings. The molecule has 1 N–H and O–H groups in total. The average molecular weight is 195 g/mol. The van der Waals surface area contributed by atoms with E-state index < -0.39 is 0 Å². The Hall–Kier alpha value is -0.940. The second-order valence-electron chi connectivity index (χ2n) is 3.97. The highest BCUT2D eigenvalue weighted by atomic mass is 15.4. The number of hydrogen-bond donors (Lipinski definition) is 1. The van der Waals surface area contributed by atoms with Gasteiger partial charge in [-0.15, -0.1) is 5.10 Å². The third kappa shape index (κ3) is 2.30. The van der Waals surface area contributed by atoms with Gasteiger partial charge in [0.05, 0.1) is 5.69 Å². The Kier molecular flexibility index (Phi) is 2.79. The first-order valence-corrected chi connectivity index (χ1v) is 5.05. The fraction of sp³-hybridized carbons (Fsp3) is 0.778. The van der Waals surface area contributed by atoms with Crippen molar-refractivity contribution in [1.82, 2.24) is 25.2 Å². The Morgan fingerprint density at radius 3 is 3.14 bits per heavy atom. The summed E-state index contributed by atoms with van der Waals surface area (Å²) in [6.45, 7) is 6.39. The topological polar surface area (TPSA) is 46.0 Å². The molecule has 0 radical (unpaired) electrons. The molecule has 1 fully saturated rings. The van der Waals surface area contributed by atoms with E-state index in [-0.39, 0.29) is 0 Å². The lowest BCUT2D eigenvalue weighted by Crippen LogP contribution is -2.48. The van der Waals surface area contributed by atoms with Crippen molar-refractivity contribution in [2.45, 2.75) is 19.5 Å². The molecule has 1 aromatic heterocycles. The number of piperazine rings is 1. The number of aryl methyl sites for hydroxylation is 1. The molecule has 5 heteroatoms. The van der Waals surface area contributed by atoms with Crippen molar-refractivity contribution in [3.8, 4) is 0 Å². The van der Waals surface area contributed by atoms with Gasteiger partial charge in [0.25, 0.3) is 0 Å². The summed E-state index contributed by atoms with van der Waals surface area (Å²) in [5.74, 6) is 0. The zero-order valence-electron chi connectivity index (χ0n) is 8.77. The van der Waals surface area contributed by atoms with E-state index in [4.69, 9.17) is 0 Å². The highest BCUT2D eigenvalue weighted by molar-refractivity contribution is 4.92. The van der Waals surface area contributed by atoms with Crippen LogP contribution in [-0.4, -0.2) is 45.6 Å². The minimum Gasteiger partial charge on any atom is -0.312 e. The second kappa shape index (κ2) is 4.06. The molecule has 1 atom stereocenters. The summed E-state index contributed by atoms with van der Waals surface area (Å²) in [7, 11) is 1.90. The number of nitrogens with one attached hydrogen (secondary N) is 1. The van der Waals surface area contributed by atoms with E-state index in [1.54, 1.807) is 4.68 Å². The Morgan fingerprint density at radius 2 is 2.50 bits per heavy atom. The lowest BCUT2D eigenvalue weighted by Gasteiger charge is -2.30. The van der Waals surface area contributed by atoms with Gasteiger partial charge in [0, 0.05) is 45.5 Å². The van der Waals surface area contributed by atoms with Crippen LogP contribution >= 0.6 is 0 Å². The minimum absolute atomic E-state index is 0.584. The van der Waals surface area contributed by atoms with Gasteiger partial charge in [0.1, 0.15) is 0 Å². The van der Waals surface area contributed by atoms with Crippen LogP contribution in [0, 0.1) is 0 Å². The molecule has 0 bridgehead atoms. The molecular weight excluding hydrogens is 178 g/mol. The van der Waals surface area contributed by atoms with Gasteiger partial charge in [0.2, 0.25) is 0 Å². The summed E-state index contributed by atoms with van der Waals surface area (Å²) in [6.07, 6.45) is 1.98. The van der Waals surface area contributed by atoms with Gasteiger partial charge in [-0.2, -0.15) is 0 Å². The Morgan fingerprint density at radius 1 is 1.64 bits per heavy atom. The van der Waals surface area contributed by atoms with E-state index in [2.05, 4.69) is 27.5 Å². The predicted molar refractivity (Wildman–Crippen MR) is 53.7 cm³/mol. The van der Waals surface area contributed by atoms with Gasteiger partial charge in [-0.3, -0.25) is 9.58 Å². The van der Waals surface area contributed by atoms with E-state index >= 15 is 0 Å². The molecule has 78 valence electrons. The van der Waals surface area contributed by atoms with Crippen molar-refractivity contribution >= 4 is 0 Å². The van der Waals surface area contributed by atoms with Gasteiger partial charge in [-0.25, -0.2) is 0 Å². The van der Waals surface area contributed by atoms with Crippen LogP contribution in [-0.2, 0) is 13.6 Å². The van der Waals surface area contributed by atoms with Crippen molar-refractivity contribution in [2.24, 2.45) is 7.05 Å². The van der Waals surface area contributed by atoms with Crippen LogP contribution in [0.2, 0.25) is 0 Å². The number of aromatic nitrogens is 3. The maximum Gasteiger partial charge on any atom is 0.0967 e. The normalized spacial score (nSPS) is 24.0. The van der Waals surface area contributed by atoms with Crippen LogP contribution in [0.15, 0.2) is 6.20 Å². The molecule has 0 unspecified atom stereocenters. The lowest BCUT2D eigenvalue weighted by molar-refractivity contribution is 0.197. The number of nitrogens with zero attached hydrogens (tertiary/aromatic N) is 4. The maximum atomic E-state index is 4.09. The first-order valence-electron chi connectivity index (χ1n) is 5.05. The Labute approximate surface area is 84.1 Å². The third-order valence-corrected chi connectivity index (χ3v) is 2.49. The smallest absolute Gasteiger partial charge is 0.0967 e. The average Bonchev–Trinajstić information content (AvgIpc) is 2.51. The summed E-state index contributed by atoms with van der Waals surface area (Å²) in [5.41, 5.74) is 1.06. The van der Waals surface area contributed by atoms with Crippen molar-refractivity contribution < 1.29 is 0 Å². The molecule has 2 rings (SSSR count). The highest BCUT2D eigenvalue weighted by Crippen LogP contribution is 2.03. The summed E-state index contributed by atoms with van der Waals surface area (Å²) >= 11 is 0. The molecule has 0 amide bonds. The molecule has 1 saturated heterocycles. The summed E-state index contributed by atoms with van der Waals surface area (Å²) in [5, 5.41) is 11.4. The van der Waals surface area contributed by atoms with Crippen LogP contribution in [0.5, 0.6) is 0 Å². The zero-order valence-corrected chi connectivity index (χ0v) is 8.77. The van der Waals surface area contributed by atoms with E-state index in [1.165, 1.54) is 0 Å². The lowest BCUT2D eigenvalue weighted by atomic mass is 10.2. The first kappa shape index (κ1) is 9.61. The molecule has 1 aliphatic heterocycles. The summed E-state index contributed by atoms with van der Waals surface area (Å²) in [4.78, 5) is 2.41. The van der Waals surface area contributed by atoms with Crippen LogP contribution < -0.4 is 5.32 Å². The van der Waals surface area contributed by atoms with Gasteiger partial charge in [-0.05, 0) is 6.92 Å². The highest BCUT2D eigenvalue weighted by Gasteiger charge is 2.16. The van der Waals surface area contributed by atoms with E-state index in [9.17, 15) is 0 Å². The predicted octanol–water partition coefficient (Wildman–Crippen LogP) is -0.391. The molecule has 2 heterocycles. The number of hydrogen-bond acceptors (Lipinski definition) is 4. The molecule has 1 aromatic rings. The summed E-state index contributed by atoms with van der Waals surface area (Å²) in [6, 6.07) is 0.584. The molecule has 0 spiro atoms. The Balaban J connectivity index is 1.90. The van der Waals surface area contributed by atoms with Gasteiger partial charge >= 0.3 is 0 Å². The van der Waals surface area contributed by atoms with Crippen molar-refractivity contribution in [3.05, 3.63) is 11.9 Å². The van der Waals surface area contributed by atoms with Crippen molar-refractivity contribution in [2.75, 3.05) is 19.6 Å². The van der Waals surface area contributed by atoms with Crippen LogP contribution in [0.25, 0.3) is 0 Å². The minimum atomic E-state index is 0.584. The zero-order chi connectivity index (χ0) is 9.97. The van der Waals surface area contributed by atoms with Crippen LogP contribution in [0.3, 0.4) is 0 Å². The third-order valence-electron chi connectivity index (χ3n) is 2.49. The fourth-order valence-corrected chi connectivity index (χ4v) is 1.85. The molecule has 0 aromatic carbocycles.